The molecule has 1 N–H and O–H groups in total. The van der Waals surface area contributed by atoms with Gasteiger partial charge in [-0.15, -0.1) is 0 Å². The molecular weight excluding hydrogens is 326 g/mol. The van der Waals surface area contributed by atoms with Crippen molar-refractivity contribution in [3.8, 4) is 0 Å². The molecule has 2 aromatic rings. The summed E-state index contributed by atoms with van der Waals surface area (Å²) in [5.41, 5.74) is 2.65. The zero-order valence-electron chi connectivity index (χ0n) is 13.7. The van der Waals surface area contributed by atoms with Gasteiger partial charge in [0.05, 0.1) is 18.8 Å². The number of nitrogens with one attached hydrogen (secondary N) is 1. The second kappa shape index (κ2) is 7.00. The summed E-state index contributed by atoms with van der Waals surface area (Å²) in [4.78, 5) is 31.5. The molecule has 0 atom stereocenters. The van der Waals surface area contributed by atoms with Crippen LogP contribution >= 0.6 is 11.3 Å². The van der Waals surface area contributed by atoms with Gasteiger partial charge in [0, 0.05) is 23.4 Å². The fourth-order valence-corrected chi connectivity index (χ4v) is 3.67. The van der Waals surface area contributed by atoms with Crippen molar-refractivity contribution in [2.24, 2.45) is 0 Å². The highest BCUT2D eigenvalue weighted by Gasteiger charge is 2.26. The average molecular weight is 345 g/mol. The van der Waals surface area contributed by atoms with Crippen LogP contribution in [0, 0.1) is 6.92 Å². The Kier molecular flexibility index (Phi) is 4.80. The number of benzene rings is 1. The molecule has 6 nitrogen and oxygen atoms in total. The second-order valence-corrected chi connectivity index (χ2v) is 6.61. The van der Waals surface area contributed by atoms with Crippen LogP contribution in [0.4, 0.5) is 9.93 Å². The summed E-state index contributed by atoms with van der Waals surface area (Å²) < 4.78 is 4.86. The highest BCUT2D eigenvalue weighted by atomic mass is 32.1. The van der Waals surface area contributed by atoms with E-state index in [0.717, 1.165) is 21.7 Å². The summed E-state index contributed by atoms with van der Waals surface area (Å²) in [7, 11) is 0. The average Bonchev–Trinajstić information content (AvgIpc) is 2.96. The van der Waals surface area contributed by atoms with Crippen molar-refractivity contribution in [1.82, 2.24) is 9.88 Å². The van der Waals surface area contributed by atoms with E-state index < -0.39 is 6.09 Å². The van der Waals surface area contributed by atoms with Gasteiger partial charge in [-0.2, -0.15) is 0 Å². The zero-order valence-corrected chi connectivity index (χ0v) is 14.5. The van der Waals surface area contributed by atoms with Crippen molar-refractivity contribution in [3.05, 3.63) is 46.0 Å². The lowest BCUT2D eigenvalue weighted by Gasteiger charge is -2.26. The number of ether oxygens (including phenoxy) is 1. The van der Waals surface area contributed by atoms with Gasteiger partial charge in [0.1, 0.15) is 0 Å². The van der Waals surface area contributed by atoms with Crippen LogP contribution in [0.2, 0.25) is 0 Å². The largest absolute Gasteiger partial charge is 0.450 e. The quantitative estimate of drug-likeness (QED) is 0.927. The van der Waals surface area contributed by atoms with Crippen LogP contribution in [0.1, 0.15) is 33.4 Å². The number of hydrogen-bond donors (Lipinski definition) is 1. The predicted molar refractivity (Wildman–Crippen MR) is 92.4 cm³/mol. The first-order valence-corrected chi connectivity index (χ1v) is 8.67. The van der Waals surface area contributed by atoms with Crippen molar-refractivity contribution >= 4 is 28.5 Å². The molecule has 0 saturated carbocycles. The van der Waals surface area contributed by atoms with E-state index in [1.165, 1.54) is 11.3 Å². The lowest BCUT2D eigenvalue weighted by atomic mass is 10.1. The summed E-state index contributed by atoms with van der Waals surface area (Å²) in [6.45, 7) is 5.15. The van der Waals surface area contributed by atoms with Gasteiger partial charge in [0.15, 0.2) is 5.13 Å². The van der Waals surface area contributed by atoms with Gasteiger partial charge < -0.3 is 9.64 Å². The van der Waals surface area contributed by atoms with Gasteiger partial charge in [-0.3, -0.25) is 10.1 Å². The number of fused-ring (bicyclic) bond motifs is 1. The van der Waals surface area contributed by atoms with E-state index in [0.29, 0.717) is 31.2 Å². The summed E-state index contributed by atoms with van der Waals surface area (Å²) in [5.74, 6) is 0.0343. The van der Waals surface area contributed by atoms with Crippen LogP contribution in [-0.4, -0.2) is 35.0 Å². The summed E-state index contributed by atoms with van der Waals surface area (Å²) in [6, 6.07) is 7.60. The molecule has 0 radical (unpaired) electrons. The predicted octanol–water partition coefficient (Wildman–Crippen LogP) is 3.22. The van der Waals surface area contributed by atoms with Gasteiger partial charge >= 0.3 is 6.09 Å². The van der Waals surface area contributed by atoms with Crippen molar-refractivity contribution < 1.29 is 14.3 Å². The first kappa shape index (κ1) is 16.4. The highest BCUT2D eigenvalue weighted by Crippen LogP contribution is 2.29. The first-order valence-electron chi connectivity index (χ1n) is 7.85. The maximum absolute atomic E-state index is 12.7. The number of anilines is 1. The van der Waals surface area contributed by atoms with Gasteiger partial charge in [0.2, 0.25) is 0 Å². The summed E-state index contributed by atoms with van der Waals surface area (Å²) >= 11 is 1.39. The van der Waals surface area contributed by atoms with E-state index in [4.69, 9.17) is 4.74 Å². The molecule has 1 aromatic carbocycles. The van der Waals surface area contributed by atoms with E-state index in [-0.39, 0.29) is 5.91 Å². The number of carbonyl (C=O) groups excluding carboxylic acids is 2. The third-order valence-electron chi connectivity index (χ3n) is 3.88. The minimum Gasteiger partial charge on any atom is -0.450 e. The molecule has 0 fully saturated rings. The maximum atomic E-state index is 12.7. The van der Waals surface area contributed by atoms with Crippen molar-refractivity contribution in [3.63, 3.8) is 0 Å². The molecule has 2 amide bonds. The number of hydrogen-bond acceptors (Lipinski definition) is 5. The van der Waals surface area contributed by atoms with Crippen LogP contribution in [0.3, 0.4) is 0 Å². The number of amides is 2. The van der Waals surface area contributed by atoms with Gasteiger partial charge in [-0.25, -0.2) is 9.78 Å². The number of aryl methyl sites for hydroxylation is 1. The van der Waals surface area contributed by atoms with E-state index >= 15 is 0 Å². The smallest absolute Gasteiger partial charge is 0.413 e. The molecule has 1 aliphatic rings. The van der Waals surface area contributed by atoms with Crippen LogP contribution in [-0.2, 0) is 17.7 Å². The standard InChI is InChI=1S/C17H19N3O3S/c1-3-23-17(22)19-16-18-13-8-9-20(10-14(13)24-16)15(21)12-7-5-4-6-11(12)2/h4-7H,3,8-10H2,1-2H3,(H,18,19,22). The van der Waals surface area contributed by atoms with Crippen LogP contribution in [0.5, 0.6) is 0 Å². The minimum absolute atomic E-state index is 0.0343. The minimum atomic E-state index is -0.503. The number of aromatic nitrogens is 1. The number of thiazole rings is 1. The van der Waals surface area contributed by atoms with E-state index in [1.807, 2.05) is 36.1 Å². The summed E-state index contributed by atoms with van der Waals surface area (Å²) in [6.07, 6.45) is 0.185. The Morgan fingerprint density at radius 2 is 2.17 bits per heavy atom. The van der Waals surface area contributed by atoms with Gasteiger partial charge in [0.25, 0.3) is 5.91 Å². The fraction of sp³-hybridized carbons (Fsp3) is 0.353. The molecule has 1 aromatic heterocycles. The topological polar surface area (TPSA) is 71.5 Å². The normalized spacial score (nSPS) is 13.3. The Bertz CT molecular complexity index is 772. The van der Waals surface area contributed by atoms with Crippen molar-refractivity contribution in [1.29, 1.82) is 0 Å². The molecule has 0 saturated heterocycles. The Hall–Kier alpha value is -2.41. The number of nitrogens with zero attached hydrogens (tertiary/aromatic N) is 2. The molecule has 126 valence electrons. The molecule has 1 aliphatic heterocycles. The molecule has 0 spiro atoms. The van der Waals surface area contributed by atoms with Crippen molar-refractivity contribution in [2.45, 2.75) is 26.8 Å². The molecule has 0 bridgehead atoms. The second-order valence-electron chi connectivity index (χ2n) is 5.53. The maximum Gasteiger partial charge on any atom is 0.413 e. The SMILES string of the molecule is CCOC(=O)Nc1nc2c(s1)CN(C(=O)c1ccccc1C)CC2. The molecule has 7 heteroatoms. The lowest BCUT2D eigenvalue weighted by molar-refractivity contribution is 0.0735. The van der Waals surface area contributed by atoms with Crippen LogP contribution in [0.25, 0.3) is 0 Å². The first-order chi connectivity index (χ1) is 11.6. The van der Waals surface area contributed by atoms with E-state index in [1.54, 1.807) is 6.92 Å². The molecular formula is C17H19N3O3S. The van der Waals surface area contributed by atoms with Crippen LogP contribution < -0.4 is 5.32 Å². The summed E-state index contributed by atoms with van der Waals surface area (Å²) in [5, 5.41) is 3.14. The Balaban J connectivity index is 1.73. The highest BCUT2D eigenvalue weighted by molar-refractivity contribution is 7.15. The molecule has 0 aliphatic carbocycles. The van der Waals surface area contributed by atoms with E-state index in [9.17, 15) is 9.59 Å². The van der Waals surface area contributed by atoms with Gasteiger partial charge in [-0.05, 0) is 25.5 Å². The lowest BCUT2D eigenvalue weighted by Crippen LogP contribution is -2.35. The third kappa shape index (κ3) is 3.41. The Morgan fingerprint density at radius 1 is 1.38 bits per heavy atom. The van der Waals surface area contributed by atoms with Crippen LogP contribution in [0.15, 0.2) is 24.3 Å². The Morgan fingerprint density at radius 3 is 2.92 bits per heavy atom. The molecule has 3 rings (SSSR count). The molecule has 24 heavy (non-hydrogen) atoms. The monoisotopic (exact) mass is 345 g/mol. The molecule has 0 unspecified atom stereocenters. The third-order valence-corrected chi connectivity index (χ3v) is 4.88. The zero-order chi connectivity index (χ0) is 17.1. The number of rotatable bonds is 3. The van der Waals surface area contributed by atoms with E-state index in [2.05, 4.69) is 10.3 Å². The molecule has 2 heterocycles. The van der Waals surface area contributed by atoms with Gasteiger partial charge in [-0.1, -0.05) is 29.5 Å². The number of carbonyl (C=O) groups is 2. The Labute approximate surface area is 144 Å². The van der Waals surface area contributed by atoms with Crippen molar-refractivity contribution in [2.75, 3.05) is 18.5 Å². The fourth-order valence-electron chi connectivity index (χ4n) is 2.66.